The second-order valence-corrected chi connectivity index (χ2v) is 39.3. The molecule has 0 nitrogen and oxygen atoms in total. The molecule has 1 heteroatoms. The molecule has 0 N–H and O–H groups in total. The van der Waals surface area contributed by atoms with E-state index in [1.165, 1.54) is 121 Å². The van der Waals surface area contributed by atoms with E-state index in [0.29, 0.717) is 0 Å². The van der Waals surface area contributed by atoms with Gasteiger partial charge in [0.25, 0.3) is 0 Å². The Morgan fingerprint density at radius 3 is 0.506 bits per heavy atom. The second kappa shape index (κ2) is 22.3. The van der Waals surface area contributed by atoms with Crippen LogP contribution in [0.3, 0.4) is 0 Å². The summed E-state index contributed by atoms with van der Waals surface area (Å²) >= 11 is 2.01. The molecule has 0 bridgehead atoms. The molecule has 0 aliphatic carbocycles. The van der Waals surface area contributed by atoms with Crippen LogP contribution in [-0.2, 0) is 65.0 Å². The zero-order chi connectivity index (χ0) is 65.3. The van der Waals surface area contributed by atoms with Gasteiger partial charge in [-0.2, -0.15) is 0 Å². The minimum atomic E-state index is -0.198. The molecule has 0 spiro atoms. The quantitative estimate of drug-likeness (QED) is 0.160. The van der Waals surface area contributed by atoms with Gasteiger partial charge in [-0.1, -0.05) is 334 Å². The predicted molar refractivity (Wildman–Crippen MR) is 383 cm³/mol. The van der Waals surface area contributed by atoms with Crippen molar-refractivity contribution in [1.82, 2.24) is 0 Å². The van der Waals surface area contributed by atoms with Crippen LogP contribution in [0.15, 0.2) is 94.7 Å². The van der Waals surface area contributed by atoms with Crippen molar-refractivity contribution in [1.29, 1.82) is 0 Å². The summed E-state index contributed by atoms with van der Waals surface area (Å²) in [5.41, 5.74) is 26.0. The molecule has 0 fully saturated rings. The van der Waals surface area contributed by atoms with Gasteiger partial charge in [0, 0.05) is 20.9 Å². The third-order valence-electron chi connectivity index (χ3n) is 17.8. The summed E-state index contributed by atoms with van der Waals surface area (Å²) in [7, 11) is 0. The maximum atomic E-state index is 2.60. The van der Waals surface area contributed by atoms with Crippen LogP contribution in [0.2, 0.25) is 0 Å². The number of rotatable bonds is 6. The monoisotopic (exact) mass is 1160 g/mol. The van der Waals surface area contributed by atoms with Gasteiger partial charge >= 0.3 is 0 Å². The van der Waals surface area contributed by atoms with E-state index < -0.39 is 0 Å². The molecule has 6 aromatic rings. The second-order valence-electron chi connectivity index (χ2n) is 38.2. The molecule has 0 atom stereocenters. The summed E-state index contributed by atoms with van der Waals surface area (Å²) in [4.78, 5) is 2.57. The molecule has 0 radical (unpaired) electrons. The molecular weight excluding hydrogens is 1040 g/mol. The number of hydrogen-bond acceptors (Lipinski definition) is 1. The van der Waals surface area contributed by atoms with Crippen molar-refractivity contribution in [2.45, 2.75) is 324 Å². The van der Waals surface area contributed by atoms with Crippen molar-refractivity contribution in [3.63, 3.8) is 0 Å². The lowest BCUT2D eigenvalue weighted by atomic mass is 9.68. The molecular formula is C84H122S. The molecule has 0 saturated carbocycles. The summed E-state index contributed by atoms with van der Waals surface area (Å²) < 4.78 is 0. The Morgan fingerprint density at radius 2 is 0.353 bits per heavy atom. The molecule has 0 unspecified atom stereocenters. The highest BCUT2D eigenvalue weighted by Crippen LogP contribution is 2.58. The smallest absolute Gasteiger partial charge is 0.0207 e. The van der Waals surface area contributed by atoms with E-state index in [2.05, 4.69) is 334 Å². The van der Waals surface area contributed by atoms with E-state index in [1.54, 1.807) is 0 Å². The van der Waals surface area contributed by atoms with Crippen molar-refractivity contribution in [3.05, 3.63) is 152 Å². The van der Waals surface area contributed by atoms with Crippen LogP contribution in [0, 0.1) is 0 Å². The Bertz CT molecular complexity index is 3080. The van der Waals surface area contributed by atoms with Gasteiger partial charge in [0.2, 0.25) is 0 Å². The first kappa shape index (κ1) is 69.8. The largest absolute Gasteiger partial charge is 0.0888 e. The first-order valence-corrected chi connectivity index (χ1v) is 33.3. The first-order chi connectivity index (χ1) is 37.8. The maximum absolute atomic E-state index is 2.60. The average molecular weight is 1160 g/mol. The Labute approximate surface area is 528 Å². The molecule has 464 valence electrons. The summed E-state index contributed by atoms with van der Waals surface area (Å²) in [6, 6.07) is 35.5. The van der Waals surface area contributed by atoms with Crippen molar-refractivity contribution in [2.24, 2.45) is 0 Å². The summed E-state index contributed by atoms with van der Waals surface area (Å²) in [5.74, 6) is 0. The zero-order valence-electron chi connectivity index (χ0n) is 61.5. The van der Waals surface area contributed by atoms with Crippen molar-refractivity contribution < 1.29 is 0 Å². The molecule has 0 saturated heterocycles. The Kier molecular flexibility index (Phi) is 18.3. The average Bonchev–Trinajstić information content (AvgIpc) is 0.826. The fraction of sp³-hybridized carbons (Fsp3) is 0.571. The maximum Gasteiger partial charge on any atom is 0.0207 e. The topological polar surface area (TPSA) is 0 Å². The minimum Gasteiger partial charge on any atom is -0.0888 e. The SMILES string of the molecule is CC(C)(C)c1cc(C(C)(C)C)c(-c2cccc(Sc3cccc(-c4c(C(C)(C)C)cc(C(C)(C)C)cc4C(C)(C)C)c3-c3c(C(C)(C)C)cc(C(C)(C)C)cc3C(C)(C)C)c2-c2c(C(C)(C)C)cc(C(C)(C)C)cc2C(C)(C)C)c(C(C)(C)C)c1. The highest BCUT2D eigenvalue weighted by Gasteiger charge is 2.39. The van der Waals surface area contributed by atoms with Crippen molar-refractivity contribution in [3.8, 4) is 44.5 Å². The van der Waals surface area contributed by atoms with Crippen molar-refractivity contribution >= 4 is 11.8 Å². The normalized spacial score (nSPS) is 14.2. The van der Waals surface area contributed by atoms with Crippen LogP contribution >= 0.6 is 11.8 Å². The Morgan fingerprint density at radius 1 is 0.188 bits per heavy atom. The van der Waals surface area contributed by atoms with Gasteiger partial charge in [-0.05, 0) is 177 Å². The Hall–Kier alpha value is -4.33. The lowest BCUT2D eigenvalue weighted by Crippen LogP contribution is -2.24. The first-order valence-electron chi connectivity index (χ1n) is 32.5. The van der Waals surface area contributed by atoms with Gasteiger partial charge in [-0.25, -0.2) is 0 Å². The number of benzene rings is 6. The van der Waals surface area contributed by atoms with Crippen LogP contribution in [0.25, 0.3) is 44.5 Å². The third kappa shape index (κ3) is 14.9. The molecule has 0 amide bonds. The van der Waals surface area contributed by atoms with Gasteiger partial charge in [0.1, 0.15) is 0 Å². The minimum absolute atomic E-state index is 0.0439. The lowest BCUT2D eigenvalue weighted by molar-refractivity contribution is 0.548. The molecule has 0 heterocycles. The fourth-order valence-electron chi connectivity index (χ4n) is 12.4. The summed E-state index contributed by atoms with van der Waals surface area (Å²) in [5, 5.41) is 0. The third-order valence-corrected chi connectivity index (χ3v) is 18.9. The summed E-state index contributed by atoms with van der Waals surface area (Å²) in [6.07, 6.45) is 0. The lowest BCUT2D eigenvalue weighted by Gasteiger charge is -2.38. The van der Waals surface area contributed by atoms with E-state index in [9.17, 15) is 0 Å². The molecule has 6 rings (SSSR count). The van der Waals surface area contributed by atoms with E-state index in [0.717, 1.165) is 0 Å². The van der Waals surface area contributed by atoms with Crippen LogP contribution in [0.4, 0.5) is 0 Å². The van der Waals surface area contributed by atoms with Crippen LogP contribution < -0.4 is 0 Å². The molecule has 85 heavy (non-hydrogen) atoms. The highest BCUT2D eigenvalue weighted by atomic mass is 32.2. The number of hydrogen-bond donors (Lipinski definition) is 0. The van der Waals surface area contributed by atoms with Crippen LogP contribution in [-0.4, -0.2) is 0 Å². The summed E-state index contributed by atoms with van der Waals surface area (Å²) in [6.45, 7) is 87.4. The van der Waals surface area contributed by atoms with Gasteiger partial charge in [0.05, 0.1) is 0 Å². The van der Waals surface area contributed by atoms with Gasteiger partial charge in [0.15, 0.2) is 0 Å². The molecule has 0 aromatic heterocycles. The predicted octanol–water partition coefficient (Wildman–Crippen LogP) is 26.1. The van der Waals surface area contributed by atoms with E-state index in [-0.39, 0.29) is 65.0 Å². The fourth-order valence-corrected chi connectivity index (χ4v) is 13.6. The van der Waals surface area contributed by atoms with E-state index >= 15 is 0 Å². The molecule has 0 aliphatic heterocycles. The van der Waals surface area contributed by atoms with Crippen molar-refractivity contribution in [2.75, 3.05) is 0 Å². The molecule has 6 aromatic carbocycles. The zero-order valence-corrected chi connectivity index (χ0v) is 62.3. The van der Waals surface area contributed by atoms with Gasteiger partial charge < -0.3 is 0 Å². The van der Waals surface area contributed by atoms with Crippen LogP contribution in [0.5, 0.6) is 0 Å². The van der Waals surface area contributed by atoms with Gasteiger partial charge in [-0.15, -0.1) is 0 Å². The van der Waals surface area contributed by atoms with E-state index in [1.807, 2.05) is 11.8 Å². The standard InChI is InChI=1S/C84H122S/c1-73(2,3)51-43-57(77(13,14)15)67(58(44-51)78(16,17)18)55-39-37-41-65(69(55)71-61(81(25,26)27)47-53(75(7,8)9)48-62(71)82(28,29)30)85-66-42-38-40-56(68-59(79(19,20)21)45-52(74(4,5)6)46-60(68)80(22,23)24)70(66)72-63(83(31,32)33)49-54(76(10,11)12)50-64(72)84(34,35)36/h37-50H,1-36H3. The highest BCUT2D eigenvalue weighted by molar-refractivity contribution is 7.99. The molecule has 0 aliphatic rings. The Balaban J connectivity index is 2.08. The van der Waals surface area contributed by atoms with Crippen LogP contribution in [0.1, 0.15) is 316 Å². The van der Waals surface area contributed by atoms with E-state index in [4.69, 9.17) is 0 Å². The van der Waals surface area contributed by atoms with Gasteiger partial charge in [-0.3, -0.25) is 0 Å².